The molecule has 1 unspecified atom stereocenters. The zero-order valence-electron chi connectivity index (χ0n) is 17.0. The molecular weight excluding hydrogens is 429 g/mol. The number of benzene rings is 1. The van der Waals surface area contributed by atoms with Crippen LogP contribution in [0.25, 0.3) is 5.69 Å². The van der Waals surface area contributed by atoms with Crippen molar-refractivity contribution in [3.05, 3.63) is 58.8 Å². The van der Waals surface area contributed by atoms with Crippen LogP contribution in [0.2, 0.25) is 0 Å². The minimum Gasteiger partial charge on any atom is -0.375 e. The number of nitrogens with two attached hydrogens (primary N) is 1. The second-order valence-electron chi connectivity index (χ2n) is 7.34. The van der Waals surface area contributed by atoms with Gasteiger partial charge in [0, 0.05) is 30.9 Å². The summed E-state index contributed by atoms with van der Waals surface area (Å²) in [6, 6.07) is 6.93. The van der Waals surface area contributed by atoms with Crippen molar-refractivity contribution in [2.75, 3.05) is 25.1 Å². The Morgan fingerprint density at radius 1 is 1.22 bits per heavy atom. The van der Waals surface area contributed by atoms with Gasteiger partial charge in [-0.3, -0.25) is 14.2 Å². The molecule has 11 heteroatoms. The Morgan fingerprint density at radius 3 is 2.66 bits per heavy atom. The molecule has 8 nitrogen and oxygen atoms in total. The van der Waals surface area contributed by atoms with Crippen molar-refractivity contribution in [1.82, 2.24) is 9.47 Å². The fraction of sp³-hybridized carbons (Fsp3) is 0.381. The number of urea groups is 1. The Kier molecular flexibility index (Phi) is 7.52. The molecule has 0 aliphatic carbocycles. The van der Waals surface area contributed by atoms with Crippen molar-refractivity contribution in [1.29, 1.82) is 0 Å². The van der Waals surface area contributed by atoms with E-state index in [9.17, 15) is 27.6 Å². The summed E-state index contributed by atoms with van der Waals surface area (Å²) in [5.41, 5.74) is 5.12. The van der Waals surface area contributed by atoms with Gasteiger partial charge in [-0.25, -0.2) is 18.0 Å². The number of hydrogen-bond acceptors (Lipinski definition) is 4. The predicted octanol–water partition coefficient (Wildman–Crippen LogP) is 2.36. The summed E-state index contributed by atoms with van der Waals surface area (Å²) in [5.74, 6) is -2.52. The van der Waals surface area contributed by atoms with Crippen molar-refractivity contribution in [2.24, 2.45) is 11.7 Å². The molecule has 1 aliphatic heterocycles. The van der Waals surface area contributed by atoms with Gasteiger partial charge in [0.25, 0.3) is 12.0 Å². The number of nitrogens with one attached hydrogen (secondary N) is 1. The van der Waals surface area contributed by atoms with Gasteiger partial charge >= 0.3 is 6.03 Å². The molecule has 2 heterocycles. The number of carbonyl (C=O) groups excluding carboxylic acids is 2. The first-order valence-electron chi connectivity index (χ1n) is 9.98. The average Bonchev–Trinajstić information content (AvgIpc) is 3.22. The zero-order valence-corrected chi connectivity index (χ0v) is 17.0. The van der Waals surface area contributed by atoms with E-state index in [1.807, 2.05) is 0 Å². The summed E-state index contributed by atoms with van der Waals surface area (Å²) in [7, 11) is 0. The maximum Gasteiger partial charge on any atom is 0.315 e. The highest BCUT2D eigenvalue weighted by Crippen LogP contribution is 2.26. The molecule has 0 saturated carbocycles. The van der Waals surface area contributed by atoms with E-state index in [0.717, 1.165) is 6.07 Å². The molecule has 1 aromatic heterocycles. The number of nitrogens with zero attached hydrogens (tertiary/aromatic N) is 2. The van der Waals surface area contributed by atoms with E-state index in [4.69, 9.17) is 10.5 Å². The lowest BCUT2D eigenvalue weighted by atomic mass is 9.97. The van der Waals surface area contributed by atoms with E-state index < -0.39 is 42.7 Å². The predicted molar refractivity (Wildman–Crippen MR) is 110 cm³/mol. The molecular formula is C21H23F3N4O4. The maximum atomic E-state index is 14.7. The van der Waals surface area contributed by atoms with Gasteiger partial charge in [0.2, 0.25) is 5.91 Å². The summed E-state index contributed by atoms with van der Waals surface area (Å²) in [6.45, 7) is -0.931. The molecule has 2 aromatic rings. The minimum absolute atomic E-state index is 0.162. The van der Waals surface area contributed by atoms with E-state index in [0.29, 0.717) is 19.4 Å². The van der Waals surface area contributed by atoms with Gasteiger partial charge in [-0.15, -0.1) is 0 Å². The van der Waals surface area contributed by atoms with Crippen LogP contribution >= 0.6 is 0 Å². The first-order valence-corrected chi connectivity index (χ1v) is 9.98. The zero-order chi connectivity index (χ0) is 23.3. The van der Waals surface area contributed by atoms with Crippen molar-refractivity contribution < 1.29 is 27.5 Å². The van der Waals surface area contributed by atoms with Crippen LogP contribution in [0, 0.1) is 11.7 Å². The number of amides is 3. The van der Waals surface area contributed by atoms with Gasteiger partial charge in [0.1, 0.15) is 12.4 Å². The fourth-order valence-electron chi connectivity index (χ4n) is 3.75. The van der Waals surface area contributed by atoms with E-state index in [2.05, 4.69) is 5.32 Å². The van der Waals surface area contributed by atoms with Crippen LogP contribution in [0.1, 0.15) is 12.8 Å². The largest absolute Gasteiger partial charge is 0.375 e. The van der Waals surface area contributed by atoms with Crippen LogP contribution in [0.15, 0.2) is 47.4 Å². The number of halogens is 3. The standard InChI is InChI=1S/C21H23F3N4O4/c22-15-10-13(27-8-2-1-5-19(27)29)6-7-16(15)26-20(30)14(11-32-12-18(23)24)17-4-3-9-28(17)21(25)31/h1-2,5-8,10,14,17-18H,3-4,9,11-12H2,(H2,25,31)(H,26,30)/t14?,17-/m0/s1. The molecule has 0 bridgehead atoms. The molecule has 1 aromatic carbocycles. The number of pyridine rings is 1. The number of ether oxygens (including phenoxy) is 1. The highest BCUT2D eigenvalue weighted by molar-refractivity contribution is 5.93. The Labute approximate surface area is 181 Å². The minimum atomic E-state index is -2.72. The quantitative estimate of drug-likeness (QED) is 0.641. The molecule has 0 spiro atoms. The smallest absolute Gasteiger partial charge is 0.315 e. The number of carbonyl (C=O) groups is 2. The van der Waals surface area contributed by atoms with E-state index >= 15 is 0 Å². The number of hydrogen-bond donors (Lipinski definition) is 2. The van der Waals surface area contributed by atoms with Crippen LogP contribution in [0.5, 0.6) is 0 Å². The van der Waals surface area contributed by atoms with Gasteiger partial charge < -0.3 is 20.7 Å². The maximum absolute atomic E-state index is 14.7. The summed E-state index contributed by atoms with van der Waals surface area (Å²) in [5, 5.41) is 2.43. The van der Waals surface area contributed by atoms with Gasteiger partial charge in [-0.05, 0) is 31.0 Å². The molecule has 3 rings (SSSR count). The molecule has 32 heavy (non-hydrogen) atoms. The third-order valence-corrected chi connectivity index (χ3v) is 5.24. The first kappa shape index (κ1) is 23.3. The van der Waals surface area contributed by atoms with Crippen LogP contribution in [-0.4, -0.2) is 53.6 Å². The van der Waals surface area contributed by atoms with Crippen molar-refractivity contribution in [2.45, 2.75) is 25.3 Å². The van der Waals surface area contributed by atoms with Gasteiger partial charge in [-0.2, -0.15) is 0 Å². The van der Waals surface area contributed by atoms with Gasteiger partial charge in [0.15, 0.2) is 0 Å². The Balaban J connectivity index is 1.79. The third kappa shape index (κ3) is 5.47. The SMILES string of the molecule is NC(=O)N1CCC[C@H]1C(COCC(F)F)C(=O)Nc1ccc(-n2ccccc2=O)cc1F. The van der Waals surface area contributed by atoms with E-state index in [-0.39, 0.29) is 23.5 Å². The lowest BCUT2D eigenvalue weighted by molar-refractivity contribution is -0.124. The molecule has 0 radical (unpaired) electrons. The molecule has 1 saturated heterocycles. The highest BCUT2D eigenvalue weighted by atomic mass is 19.3. The van der Waals surface area contributed by atoms with Crippen LogP contribution in [0.4, 0.5) is 23.7 Å². The lowest BCUT2D eigenvalue weighted by Gasteiger charge is -2.29. The number of primary amides is 1. The second-order valence-corrected chi connectivity index (χ2v) is 7.34. The summed E-state index contributed by atoms with van der Waals surface area (Å²) in [4.78, 5) is 37.8. The van der Waals surface area contributed by atoms with Crippen molar-refractivity contribution >= 4 is 17.6 Å². The second kappa shape index (κ2) is 10.3. The monoisotopic (exact) mass is 452 g/mol. The third-order valence-electron chi connectivity index (χ3n) is 5.24. The normalized spacial score (nSPS) is 16.9. The Bertz CT molecular complexity index is 1030. The fourth-order valence-corrected chi connectivity index (χ4v) is 3.75. The van der Waals surface area contributed by atoms with Crippen LogP contribution in [-0.2, 0) is 9.53 Å². The number of anilines is 1. The molecule has 2 atom stereocenters. The average molecular weight is 452 g/mol. The van der Waals surface area contributed by atoms with Crippen LogP contribution in [0.3, 0.4) is 0 Å². The number of alkyl halides is 2. The van der Waals surface area contributed by atoms with Crippen molar-refractivity contribution in [3.8, 4) is 5.69 Å². The molecule has 1 aliphatic rings. The topological polar surface area (TPSA) is 107 Å². The first-order chi connectivity index (χ1) is 15.3. The van der Waals surface area contributed by atoms with Crippen LogP contribution < -0.4 is 16.6 Å². The molecule has 172 valence electrons. The van der Waals surface area contributed by atoms with E-state index in [1.165, 1.54) is 33.9 Å². The Hall–Kier alpha value is -3.34. The summed E-state index contributed by atoms with van der Waals surface area (Å²) in [6.07, 6.45) is -0.233. The van der Waals surface area contributed by atoms with Crippen molar-refractivity contribution in [3.63, 3.8) is 0 Å². The molecule has 3 N–H and O–H groups in total. The van der Waals surface area contributed by atoms with Gasteiger partial charge in [0.05, 0.1) is 23.9 Å². The number of rotatable bonds is 8. The lowest BCUT2D eigenvalue weighted by Crippen LogP contribution is -2.48. The highest BCUT2D eigenvalue weighted by Gasteiger charge is 2.38. The summed E-state index contributed by atoms with van der Waals surface area (Å²) >= 11 is 0. The Morgan fingerprint density at radius 2 is 2.00 bits per heavy atom. The summed E-state index contributed by atoms with van der Waals surface area (Å²) < 4.78 is 45.9. The molecule has 3 amide bonds. The number of aromatic nitrogens is 1. The van der Waals surface area contributed by atoms with E-state index in [1.54, 1.807) is 12.1 Å². The molecule has 1 fully saturated rings. The number of likely N-dealkylation sites (tertiary alicyclic amines) is 1. The van der Waals surface area contributed by atoms with Gasteiger partial charge in [-0.1, -0.05) is 6.07 Å².